The van der Waals surface area contributed by atoms with Gasteiger partial charge in [-0.15, -0.1) is 0 Å². The van der Waals surface area contributed by atoms with Gasteiger partial charge in [-0.1, -0.05) is 11.6 Å². The van der Waals surface area contributed by atoms with Gasteiger partial charge in [0.15, 0.2) is 0 Å². The Morgan fingerprint density at radius 3 is 2.26 bits per heavy atom. The van der Waals surface area contributed by atoms with Crippen molar-refractivity contribution in [1.82, 2.24) is 0 Å². The Labute approximate surface area is 116 Å². The van der Waals surface area contributed by atoms with Crippen molar-refractivity contribution in [3.05, 3.63) is 22.7 Å². The number of carboxylic acid groups (broad SMARTS) is 1. The zero-order valence-electron chi connectivity index (χ0n) is 10.6. The molecule has 19 heavy (non-hydrogen) atoms. The molecular formula is C11H15ClN2O4S. The van der Waals surface area contributed by atoms with Crippen molar-refractivity contribution in [3.8, 4) is 0 Å². The van der Waals surface area contributed by atoms with Gasteiger partial charge in [-0.2, -0.15) is 0 Å². The first-order valence-electron chi connectivity index (χ1n) is 5.56. The molecule has 0 atom stereocenters. The number of rotatable bonds is 5. The Morgan fingerprint density at radius 2 is 1.89 bits per heavy atom. The molecule has 3 N–H and O–H groups in total. The largest absolute Gasteiger partial charge is 0.478 e. The summed E-state index contributed by atoms with van der Waals surface area (Å²) in [6.45, 7) is 4.86. The summed E-state index contributed by atoms with van der Waals surface area (Å²) in [7, 11) is -4.06. The zero-order valence-corrected chi connectivity index (χ0v) is 12.1. The molecule has 0 bridgehead atoms. The minimum Gasteiger partial charge on any atom is -0.478 e. The molecule has 0 amide bonds. The van der Waals surface area contributed by atoms with Crippen LogP contribution in [0.3, 0.4) is 0 Å². The standard InChI is InChI=1S/C11H15ClN2O4S/c1-3-14(4-2)9-6-8(12)10(19(13,17)18)5-7(9)11(15)16/h5-6H,3-4H2,1-2H3,(H,15,16)(H2,13,17,18). The van der Waals surface area contributed by atoms with Gasteiger partial charge in [-0.05, 0) is 26.0 Å². The quantitative estimate of drug-likeness (QED) is 0.859. The Hall–Kier alpha value is -1.31. The maximum atomic E-state index is 11.3. The third kappa shape index (κ3) is 3.37. The van der Waals surface area contributed by atoms with Crippen molar-refractivity contribution in [3.63, 3.8) is 0 Å². The molecule has 0 spiro atoms. The average Bonchev–Trinajstić information content (AvgIpc) is 2.28. The second kappa shape index (κ2) is 5.77. The highest BCUT2D eigenvalue weighted by atomic mass is 35.5. The number of carboxylic acids is 1. The monoisotopic (exact) mass is 306 g/mol. The van der Waals surface area contributed by atoms with Gasteiger partial charge < -0.3 is 10.0 Å². The van der Waals surface area contributed by atoms with Gasteiger partial charge in [0.1, 0.15) is 4.90 Å². The highest BCUT2D eigenvalue weighted by molar-refractivity contribution is 7.89. The predicted octanol–water partition coefficient (Wildman–Crippen LogP) is 1.53. The highest BCUT2D eigenvalue weighted by Gasteiger charge is 2.22. The van der Waals surface area contributed by atoms with Crippen LogP contribution in [0.15, 0.2) is 17.0 Å². The van der Waals surface area contributed by atoms with Crippen LogP contribution in [0, 0.1) is 0 Å². The molecule has 6 nitrogen and oxygen atoms in total. The molecule has 1 aromatic carbocycles. The van der Waals surface area contributed by atoms with Gasteiger partial charge >= 0.3 is 5.97 Å². The Kier molecular flexibility index (Phi) is 4.78. The van der Waals surface area contributed by atoms with Crippen LogP contribution >= 0.6 is 11.6 Å². The van der Waals surface area contributed by atoms with E-state index in [1.807, 2.05) is 13.8 Å². The number of carbonyl (C=O) groups is 1. The topological polar surface area (TPSA) is 101 Å². The number of aromatic carboxylic acids is 1. The molecule has 0 heterocycles. The lowest BCUT2D eigenvalue weighted by molar-refractivity contribution is 0.0697. The third-order valence-corrected chi connectivity index (χ3v) is 4.07. The summed E-state index contributed by atoms with van der Waals surface area (Å²) >= 11 is 5.87. The molecule has 0 aliphatic rings. The van der Waals surface area contributed by atoms with E-state index in [0.717, 1.165) is 6.07 Å². The van der Waals surface area contributed by atoms with Gasteiger partial charge in [0, 0.05) is 13.1 Å². The van der Waals surface area contributed by atoms with E-state index in [2.05, 4.69) is 0 Å². The van der Waals surface area contributed by atoms with Crippen LogP contribution < -0.4 is 10.0 Å². The lowest BCUT2D eigenvalue weighted by atomic mass is 10.1. The number of primary sulfonamides is 1. The summed E-state index contributed by atoms with van der Waals surface area (Å²) < 4.78 is 22.7. The van der Waals surface area contributed by atoms with Crippen molar-refractivity contribution in [2.24, 2.45) is 5.14 Å². The van der Waals surface area contributed by atoms with Crippen molar-refractivity contribution < 1.29 is 18.3 Å². The van der Waals surface area contributed by atoms with Crippen molar-refractivity contribution in [1.29, 1.82) is 0 Å². The molecule has 0 aliphatic heterocycles. The maximum Gasteiger partial charge on any atom is 0.337 e. The first kappa shape index (κ1) is 15.7. The Morgan fingerprint density at radius 1 is 1.37 bits per heavy atom. The van der Waals surface area contributed by atoms with E-state index in [1.165, 1.54) is 6.07 Å². The number of sulfonamides is 1. The van der Waals surface area contributed by atoms with E-state index in [1.54, 1.807) is 4.90 Å². The molecule has 1 aromatic rings. The zero-order chi connectivity index (χ0) is 14.8. The van der Waals surface area contributed by atoms with Crippen molar-refractivity contribution >= 4 is 33.3 Å². The molecule has 0 fully saturated rings. The van der Waals surface area contributed by atoms with E-state index in [4.69, 9.17) is 16.7 Å². The molecule has 0 unspecified atom stereocenters. The smallest absolute Gasteiger partial charge is 0.337 e. The Bertz CT molecular complexity index is 597. The van der Waals surface area contributed by atoms with Crippen molar-refractivity contribution in [2.75, 3.05) is 18.0 Å². The summed E-state index contributed by atoms with van der Waals surface area (Å²) in [5.41, 5.74) is 0.229. The summed E-state index contributed by atoms with van der Waals surface area (Å²) in [5.74, 6) is -1.23. The maximum absolute atomic E-state index is 11.3. The van der Waals surface area contributed by atoms with Gasteiger partial charge in [0.2, 0.25) is 10.0 Å². The van der Waals surface area contributed by atoms with Crippen LogP contribution in [-0.4, -0.2) is 32.6 Å². The first-order valence-corrected chi connectivity index (χ1v) is 7.49. The van der Waals surface area contributed by atoms with Crippen LogP contribution in [0.4, 0.5) is 5.69 Å². The van der Waals surface area contributed by atoms with E-state index in [9.17, 15) is 18.3 Å². The Balaban J connectivity index is 3.59. The minimum atomic E-state index is -4.06. The van der Waals surface area contributed by atoms with Crippen LogP contribution in [0.2, 0.25) is 5.02 Å². The van der Waals surface area contributed by atoms with E-state index in [-0.39, 0.29) is 15.5 Å². The van der Waals surface area contributed by atoms with Crippen LogP contribution in [-0.2, 0) is 10.0 Å². The fourth-order valence-corrected chi connectivity index (χ4v) is 2.85. The number of halogens is 1. The van der Waals surface area contributed by atoms with E-state index < -0.39 is 16.0 Å². The van der Waals surface area contributed by atoms with Gasteiger partial charge in [0.25, 0.3) is 0 Å². The molecule has 0 aromatic heterocycles. The number of nitrogens with two attached hydrogens (primary N) is 1. The molecule has 106 valence electrons. The fourth-order valence-electron chi connectivity index (χ4n) is 1.76. The summed E-state index contributed by atoms with van der Waals surface area (Å²) in [6, 6.07) is 2.31. The molecule has 8 heteroatoms. The second-order valence-electron chi connectivity index (χ2n) is 3.82. The van der Waals surface area contributed by atoms with Crippen LogP contribution in [0.1, 0.15) is 24.2 Å². The SMILES string of the molecule is CCN(CC)c1cc(Cl)c(S(N)(=O)=O)cc1C(=O)O. The van der Waals surface area contributed by atoms with Gasteiger partial charge in [-0.3, -0.25) is 0 Å². The first-order chi connectivity index (χ1) is 8.72. The van der Waals surface area contributed by atoms with Crippen molar-refractivity contribution in [2.45, 2.75) is 18.7 Å². The molecule has 0 aliphatic carbocycles. The molecule has 0 saturated heterocycles. The molecule has 1 rings (SSSR count). The van der Waals surface area contributed by atoms with Gasteiger partial charge in [0.05, 0.1) is 16.3 Å². The van der Waals surface area contributed by atoms with E-state index >= 15 is 0 Å². The summed E-state index contributed by atoms with van der Waals surface area (Å²) in [4.78, 5) is 12.6. The number of nitrogens with zero attached hydrogens (tertiary/aromatic N) is 1. The summed E-state index contributed by atoms with van der Waals surface area (Å²) in [5, 5.41) is 14.1. The van der Waals surface area contributed by atoms with E-state index in [0.29, 0.717) is 18.8 Å². The normalized spacial score (nSPS) is 11.4. The minimum absolute atomic E-state index is 0.0885. The summed E-state index contributed by atoms with van der Waals surface area (Å²) in [6.07, 6.45) is 0. The van der Waals surface area contributed by atoms with Gasteiger partial charge in [-0.25, -0.2) is 18.4 Å². The van der Waals surface area contributed by atoms with Crippen LogP contribution in [0.5, 0.6) is 0 Å². The molecule has 0 radical (unpaired) electrons. The highest BCUT2D eigenvalue weighted by Crippen LogP contribution is 2.30. The number of anilines is 1. The third-order valence-electron chi connectivity index (χ3n) is 2.69. The molecular weight excluding hydrogens is 292 g/mol. The average molecular weight is 307 g/mol. The molecule has 0 saturated carbocycles. The lowest BCUT2D eigenvalue weighted by Crippen LogP contribution is -2.25. The number of benzene rings is 1. The second-order valence-corrected chi connectivity index (χ2v) is 5.76. The number of hydrogen-bond acceptors (Lipinski definition) is 4. The predicted molar refractivity (Wildman–Crippen MR) is 73.3 cm³/mol. The number of hydrogen-bond donors (Lipinski definition) is 2. The van der Waals surface area contributed by atoms with Crippen LogP contribution in [0.25, 0.3) is 0 Å². The fraction of sp³-hybridized carbons (Fsp3) is 0.364. The lowest BCUT2D eigenvalue weighted by Gasteiger charge is -2.23.